The summed E-state index contributed by atoms with van der Waals surface area (Å²) in [5.41, 5.74) is 0. The molecule has 0 aromatic rings. The van der Waals surface area contributed by atoms with Gasteiger partial charge in [-0.25, -0.2) is 0 Å². The molecule has 1 rings (SSSR count). The first-order chi connectivity index (χ1) is 4.74. The first-order valence-electron chi connectivity index (χ1n) is 3.45. The number of carbonyl (C=O) groups is 1. The van der Waals surface area contributed by atoms with E-state index in [4.69, 9.17) is 6.42 Å². The maximum Gasteiger partial charge on any atom is 0.223 e. The normalized spacial score (nSPS) is 25.0. The molecule has 1 aliphatic rings. The molecule has 1 saturated heterocycles. The van der Waals surface area contributed by atoms with Crippen LogP contribution >= 0.6 is 0 Å². The van der Waals surface area contributed by atoms with Crippen LogP contribution in [0.2, 0.25) is 0 Å². The molecule has 0 aromatic carbocycles. The zero-order chi connectivity index (χ0) is 7.56. The molecule has 0 aromatic heterocycles. The van der Waals surface area contributed by atoms with Crippen molar-refractivity contribution >= 4 is 5.91 Å². The van der Waals surface area contributed by atoms with Crippen molar-refractivity contribution in [3.63, 3.8) is 0 Å². The van der Waals surface area contributed by atoms with Gasteiger partial charge in [-0.2, -0.15) is 0 Å². The average molecular weight is 137 g/mol. The van der Waals surface area contributed by atoms with E-state index >= 15 is 0 Å². The Labute approximate surface area is 61.2 Å². The van der Waals surface area contributed by atoms with Gasteiger partial charge in [-0.15, -0.1) is 6.42 Å². The first-order valence-corrected chi connectivity index (χ1v) is 3.45. The number of rotatable bonds is 1. The number of likely N-dealkylation sites (tertiary alicyclic amines) is 1. The van der Waals surface area contributed by atoms with Gasteiger partial charge in [-0.3, -0.25) is 4.79 Å². The fourth-order valence-electron chi connectivity index (χ4n) is 1.23. The molecule has 1 heterocycles. The summed E-state index contributed by atoms with van der Waals surface area (Å²) in [6, 6.07) is 0. The second-order valence-electron chi connectivity index (χ2n) is 2.79. The molecule has 1 atom stereocenters. The van der Waals surface area contributed by atoms with Gasteiger partial charge in [-0.1, -0.05) is 12.8 Å². The predicted octanol–water partition coefficient (Wildman–Crippen LogP) is 0.488. The van der Waals surface area contributed by atoms with Crippen molar-refractivity contribution < 1.29 is 4.79 Å². The highest BCUT2D eigenvalue weighted by Gasteiger charge is 2.24. The van der Waals surface area contributed by atoms with Crippen LogP contribution in [0.4, 0.5) is 0 Å². The van der Waals surface area contributed by atoms with Crippen LogP contribution in [-0.4, -0.2) is 23.9 Å². The van der Waals surface area contributed by atoms with Crippen molar-refractivity contribution in [2.75, 3.05) is 13.1 Å². The average Bonchev–Trinajstić information content (AvgIpc) is 2.13. The van der Waals surface area contributed by atoms with Crippen LogP contribution in [0.25, 0.3) is 0 Å². The highest BCUT2D eigenvalue weighted by atomic mass is 16.2. The van der Waals surface area contributed by atoms with Crippen LogP contribution in [0.15, 0.2) is 0 Å². The standard InChI is InChI=1S/C8H11NO/c1-3-4-9-6-7(2)5-8(9)10/h1,7H,4-6H2,2H3. The minimum atomic E-state index is 0.199. The van der Waals surface area contributed by atoms with Gasteiger partial charge in [0, 0.05) is 13.0 Å². The van der Waals surface area contributed by atoms with Crippen molar-refractivity contribution in [1.82, 2.24) is 4.90 Å². The quantitative estimate of drug-likeness (QED) is 0.481. The summed E-state index contributed by atoms with van der Waals surface area (Å²) in [5, 5.41) is 0. The fraction of sp³-hybridized carbons (Fsp3) is 0.625. The molecule has 2 nitrogen and oxygen atoms in total. The summed E-state index contributed by atoms with van der Waals surface area (Å²) >= 11 is 0. The molecular weight excluding hydrogens is 126 g/mol. The number of amides is 1. The van der Waals surface area contributed by atoms with Crippen molar-refractivity contribution in [3.8, 4) is 12.3 Å². The summed E-state index contributed by atoms with van der Waals surface area (Å²) in [7, 11) is 0. The monoisotopic (exact) mass is 137 g/mol. The zero-order valence-corrected chi connectivity index (χ0v) is 6.13. The van der Waals surface area contributed by atoms with E-state index in [1.54, 1.807) is 4.90 Å². The summed E-state index contributed by atoms with van der Waals surface area (Å²) < 4.78 is 0. The van der Waals surface area contributed by atoms with Gasteiger partial charge < -0.3 is 4.90 Å². The van der Waals surface area contributed by atoms with E-state index in [1.807, 2.05) is 0 Å². The molecule has 0 bridgehead atoms. The Kier molecular flexibility index (Phi) is 1.96. The highest BCUT2D eigenvalue weighted by Crippen LogP contribution is 2.15. The largest absolute Gasteiger partial charge is 0.331 e. The third-order valence-electron chi connectivity index (χ3n) is 1.69. The van der Waals surface area contributed by atoms with E-state index in [1.165, 1.54) is 0 Å². The molecule has 0 spiro atoms. The van der Waals surface area contributed by atoms with Crippen LogP contribution < -0.4 is 0 Å². The lowest BCUT2D eigenvalue weighted by Crippen LogP contribution is -2.25. The molecule has 1 unspecified atom stereocenters. The Balaban J connectivity index is 2.48. The summed E-state index contributed by atoms with van der Waals surface area (Å²) in [6.45, 7) is 3.38. The van der Waals surface area contributed by atoms with E-state index < -0.39 is 0 Å². The van der Waals surface area contributed by atoms with Crippen LogP contribution in [0.5, 0.6) is 0 Å². The minimum absolute atomic E-state index is 0.199. The Morgan fingerprint density at radius 2 is 2.60 bits per heavy atom. The Bertz CT molecular complexity index is 180. The van der Waals surface area contributed by atoms with Crippen molar-refractivity contribution in [2.45, 2.75) is 13.3 Å². The lowest BCUT2D eigenvalue weighted by molar-refractivity contribution is -0.127. The number of terminal acetylenes is 1. The molecule has 0 radical (unpaired) electrons. The molecular formula is C8H11NO. The lowest BCUT2D eigenvalue weighted by Gasteiger charge is -2.10. The molecule has 54 valence electrons. The zero-order valence-electron chi connectivity index (χ0n) is 6.13. The fourth-order valence-corrected chi connectivity index (χ4v) is 1.23. The number of hydrogen-bond acceptors (Lipinski definition) is 1. The first kappa shape index (κ1) is 7.14. The third kappa shape index (κ3) is 1.30. The lowest BCUT2D eigenvalue weighted by atomic mass is 10.2. The Morgan fingerprint density at radius 3 is 3.00 bits per heavy atom. The van der Waals surface area contributed by atoms with Crippen LogP contribution in [0, 0.1) is 18.3 Å². The second-order valence-corrected chi connectivity index (χ2v) is 2.79. The summed E-state index contributed by atoms with van der Waals surface area (Å²) in [6.07, 6.45) is 5.74. The van der Waals surface area contributed by atoms with Gasteiger partial charge in [0.2, 0.25) is 5.91 Å². The predicted molar refractivity (Wildman–Crippen MR) is 39.2 cm³/mol. The topological polar surface area (TPSA) is 20.3 Å². The molecule has 0 aliphatic carbocycles. The van der Waals surface area contributed by atoms with Gasteiger partial charge in [0.05, 0.1) is 6.54 Å². The molecule has 0 saturated carbocycles. The smallest absolute Gasteiger partial charge is 0.223 e. The van der Waals surface area contributed by atoms with Crippen LogP contribution in [0.3, 0.4) is 0 Å². The van der Waals surface area contributed by atoms with Gasteiger partial charge in [0.25, 0.3) is 0 Å². The highest BCUT2D eigenvalue weighted by molar-refractivity contribution is 5.78. The molecule has 0 N–H and O–H groups in total. The number of nitrogens with zero attached hydrogens (tertiary/aromatic N) is 1. The Hall–Kier alpha value is -0.970. The molecule has 1 fully saturated rings. The van der Waals surface area contributed by atoms with Crippen molar-refractivity contribution in [2.24, 2.45) is 5.92 Å². The van der Waals surface area contributed by atoms with Gasteiger partial charge in [-0.05, 0) is 5.92 Å². The van der Waals surface area contributed by atoms with Crippen molar-refractivity contribution in [3.05, 3.63) is 0 Å². The van der Waals surface area contributed by atoms with Gasteiger partial charge >= 0.3 is 0 Å². The van der Waals surface area contributed by atoms with Crippen LogP contribution in [-0.2, 0) is 4.79 Å². The number of hydrogen-bond donors (Lipinski definition) is 0. The summed E-state index contributed by atoms with van der Waals surface area (Å²) in [4.78, 5) is 12.7. The van der Waals surface area contributed by atoms with Crippen molar-refractivity contribution in [1.29, 1.82) is 0 Å². The molecule has 2 heteroatoms. The second kappa shape index (κ2) is 2.74. The van der Waals surface area contributed by atoms with E-state index in [0.717, 1.165) is 6.54 Å². The maximum absolute atomic E-state index is 11.0. The molecule has 1 amide bonds. The maximum atomic E-state index is 11.0. The minimum Gasteiger partial charge on any atom is -0.331 e. The summed E-state index contributed by atoms with van der Waals surface area (Å²) in [5.74, 6) is 3.15. The SMILES string of the molecule is C#CCN1CC(C)CC1=O. The van der Waals surface area contributed by atoms with Crippen LogP contribution in [0.1, 0.15) is 13.3 Å². The van der Waals surface area contributed by atoms with E-state index in [0.29, 0.717) is 18.9 Å². The van der Waals surface area contributed by atoms with E-state index in [9.17, 15) is 4.79 Å². The van der Waals surface area contributed by atoms with E-state index in [-0.39, 0.29) is 5.91 Å². The van der Waals surface area contributed by atoms with Gasteiger partial charge in [0.1, 0.15) is 0 Å². The third-order valence-corrected chi connectivity index (χ3v) is 1.69. The van der Waals surface area contributed by atoms with Gasteiger partial charge in [0.15, 0.2) is 0 Å². The molecule has 1 aliphatic heterocycles. The van der Waals surface area contributed by atoms with E-state index in [2.05, 4.69) is 12.8 Å². The molecule has 10 heavy (non-hydrogen) atoms. The number of carbonyl (C=O) groups excluding carboxylic acids is 1. The Morgan fingerprint density at radius 1 is 1.90 bits per heavy atom.